The molecule has 0 heterocycles. The molecule has 0 spiro atoms. The van der Waals surface area contributed by atoms with E-state index in [4.69, 9.17) is 16.3 Å². The number of rotatable bonds is 8. The minimum atomic E-state index is -3.68. The molecule has 0 bridgehead atoms. The Labute approximate surface area is 187 Å². The van der Waals surface area contributed by atoms with E-state index >= 15 is 0 Å². The molecule has 3 rings (SSSR count). The van der Waals surface area contributed by atoms with Crippen molar-refractivity contribution in [2.45, 2.75) is 18.0 Å². The second-order valence-electron chi connectivity index (χ2n) is 6.87. The number of carbonyl (C=O) groups is 1. The summed E-state index contributed by atoms with van der Waals surface area (Å²) >= 11 is 6.14. The van der Waals surface area contributed by atoms with Crippen LogP contribution in [0.3, 0.4) is 0 Å². The Bertz CT molecular complexity index is 1170. The van der Waals surface area contributed by atoms with Gasteiger partial charge in [0.15, 0.2) is 0 Å². The molecule has 0 saturated carbocycles. The summed E-state index contributed by atoms with van der Waals surface area (Å²) in [5.41, 5.74) is 1.78. The van der Waals surface area contributed by atoms with Crippen molar-refractivity contribution in [3.8, 4) is 5.75 Å². The first-order chi connectivity index (χ1) is 14.8. The van der Waals surface area contributed by atoms with Gasteiger partial charge in [0.05, 0.1) is 12.0 Å². The first-order valence-electron chi connectivity index (χ1n) is 9.53. The molecule has 8 heteroatoms. The molecule has 0 aliphatic heterocycles. The minimum absolute atomic E-state index is 0.0477. The molecule has 0 aliphatic carbocycles. The van der Waals surface area contributed by atoms with Gasteiger partial charge < -0.3 is 10.1 Å². The van der Waals surface area contributed by atoms with E-state index in [-0.39, 0.29) is 23.9 Å². The molecular formula is C23H23ClN2O4S. The van der Waals surface area contributed by atoms with Crippen LogP contribution in [0.25, 0.3) is 0 Å². The molecule has 0 aromatic heterocycles. The molecule has 31 heavy (non-hydrogen) atoms. The summed E-state index contributed by atoms with van der Waals surface area (Å²) < 4.78 is 32.3. The fourth-order valence-corrected chi connectivity index (χ4v) is 4.43. The predicted molar refractivity (Wildman–Crippen MR) is 121 cm³/mol. The Hall–Kier alpha value is -2.87. The smallest absolute Gasteiger partial charge is 0.251 e. The van der Waals surface area contributed by atoms with Crippen molar-refractivity contribution in [2.75, 3.05) is 14.2 Å². The highest BCUT2D eigenvalue weighted by Crippen LogP contribution is 2.24. The van der Waals surface area contributed by atoms with E-state index in [1.807, 2.05) is 18.2 Å². The van der Waals surface area contributed by atoms with E-state index in [0.717, 1.165) is 5.56 Å². The Kier molecular flexibility index (Phi) is 7.33. The van der Waals surface area contributed by atoms with Gasteiger partial charge in [0.25, 0.3) is 5.91 Å². The van der Waals surface area contributed by atoms with Gasteiger partial charge in [-0.3, -0.25) is 4.79 Å². The highest BCUT2D eigenvalue weighted by atomic mass is 35.5. The van der Waals surface area contributed by atoms with Gasteiger partial charge >= 0.3 is 0 Å². The Balaban J connectivity index is 1.79. The number of sulfonamides is 1. The van der Waals surface area contributed by atoms with E-state index in [0.29, 0.717) is 21.9 Å². The standard InChI is InChI=1S/C23H23ClN2O4S/c1-26(31(28,29)20-9-4-3-5-10-20)16-19-14-17(12-13-22(19)30-2)23(27)25-15-18-8-6-7-11-21(18)24/h3-14H,15-16H2,1-2H3,(H,25,27). The number of nitrogens with zero attached hydrogens (tertiary/aromatic N) is 1. The van der Waals surface area contributed by atoms with Gasteiger partial charge in [-0.2, -0.15) is 4.31 Å². The second kappa shape index (κ2) is 9.96. The number of amides is 1. The normalized spacial score (nSPS) is 11.4. The average Bonchev–Trinajstić information content (AvgIpc) is 2.78. The van der Waals surface area contributed by atoms with Crippen LogP contribution in [0.5, 0.6) is 5.75 Å². The van der Waals surface area contributed by atoms with E-state index in [1.165, 1.54) is 18.5 Å². The number of hydrogen-bond acceptors (Lipinski definition) is 4. The zero-order valence-electron chi connectivity index (χ0n) is 17.2. The average molecular weight is 459 g/mol. The van der Waals surface area contributed by atoms with E-state index < -0.39 is 10.0 Å². The third-order valence-electron chi connectivity index (χ3n) is 4.78. The van der Waals surface area contributed by atoms with Crippen LogP contribution < -0.4 is 10.1 Å². The van der Waals surface area contributed by atoms with Crippen molar-refractivity contribution in [3.63, 3.8) is 0 Å². The van der Waals surface area contributed by atoms with Crippen LogP contribution in [0.15, 0.2) is 77.7 Å². The van der Waals surface area contributed by atoms with Crippen molar-refractivity contribution in [1.29, 1.82) is 0 Å². The molecule has 162 valence electrons. The van der Waals surface area contributed by atoms with Gasteiger partial charge in [0, 0.05) is 36.3 Å². The van der Waals surface area contributed by atoms with Gasteiger partial charge in [0.2, 0.25) is 10.0 Å². The van der Waals surface area contributed by atoms with Crippen LogP contribution in [0.1, 0.15) is 21.5 Å². The lowest BCUT2D eigenvalue weighted by Gasteiger charge is -2.19. The third kappa shape index (κ3) is 5.44. The molecule has 0 fully saturated rings. The van der Waals surface area contributed by atoms with Crippen molar-refractivity contribution in [2.24, 2.45) is 0 Å². The second-order valence-corrected chi connectivity index (χ2v) is 9.33. The molecule has 1 N–H and O–H groups in total. The summed E-state index contributed by atoms with van der Waals surface area (Å²) in [5.74, 6) is 0.204. The van der Waals surface area contributed by atoms with Gasteiger partial charge in [-0.15, -0.1) is 0 Å². The van der Waals surface area contributed by atoms with Gasteiger partial charge in [0.1, 0.15) is 5.75 Å². The van der Waals surface area contributed by atoms with Crippen molar-refractivity contribution < 1.29 is 17.9 Å². The van der Waals surface area contributed by atoms with E-state index in [2.05, 4.69) is 5.32 Å². The Morgan fingerprint density at radius 2 is 1.68 bits per heavy atom. The molecule has 3 aromatic carbocycles. The maximum absolute atomic E-state index is 12.8. The summed E-state index contributed by atoms with van der Waals surface area (Å²) in [6, 6.07) is 20.4. The summed E-state index contributed by atoms with van der Waals surface area (Å²) in [4.78, 5) is 12.9. The van der Waals surface area contributed by atoms with Crippen LogP contribution in [-0.2, 0) is 23.1 Å². The first-order valence-corrected chi connectivity index (χ1v) is 11.3. The number of carbonyl (C=O) groups excluding carboxylic acids is 1. The lowest BCUT2D eigenvalue weighted by atomic mass is 10.1. The zero-order chi connectivity index (χ0) is 22.4. The predicted octanol–water partition coefficient (Wildman–Crippen LogP) is 4.10. The zero-order valence-corrected chi connectivity index (χ0v) is 18.8. The lowest BCUT2D eigenvalue weighted by Crippen LogP contribution is -2.27. The molecule has 0 radical (unpaired) electrons. The van der Waals surface area contributed by atoms with Crippen molar-refractivity contribution in [1.82, 2.24) is 9.62 Å². The highest BCUT2D eigenvalue weighted by molar-refractivity contribution is 7.89. The van der Waals surface area contributed by atoms with Gasteiger partial charge in [-0.05, 0) is 42.0 Å². The fraction of sp³-hybridized carbons (Fsp3) is 0.174. The van der Waals surface area contributed by atoms with Gasteiger partial charge in [-0.25, -0.2) is 8.42 Å². The van der Waals surface area contributed by atoms with E-state index in [9.17, 15) is 13.2 Å². The number of nitrogens with one attached hydrogen (secondary N) is 1. The molecular weight excluding hydrogens is 436 g/mol. The third-order valence-corrected chi connectivity index (χ3v) is 6.97. The quantitative estimate of drug-likeness (QED) is 0.551. The SMILES string of the molecule is COc1ccc(C(=O)NCc2ccccc2Cl)cc1CN(C)S(=O)(=O)c1ccccc1. The molecule has 3 aromatic rings. The molecule has 0 saturated heterocycles. The number of hydrogen-bond donors (Lipinski definition) is 1. The lowest BCUT2D eigenvalue weighted by molar-refractivity contribution is 0.0950. The first kappa shape index (κ1) is 22.8. The largest absolute Gasteiger partial charge is 0.496 e. The van der Waals surface area contributed by atoms with Crippen LogP contribution in [0.4, 0.5) is 0 Å². The Morgan fingerprint density at radius 1 is 1.00 bits per heavy atom. The molecule has 6 nitrogen and oxygen atoms in total. The minimum Gasteiger partial charge on any atom is -0.496 e. The van der Waals surface area contributed by atoms with Crippen molar-refractivity contribution in [3.05, 3.63) is 94.5 Å². The number of halogens is 1. The molecule has 0 atom stereocenters. The monoisotopic (exact) mass is 458 g/mol. The number of benzene rings is 3. The topological polar surface area (TPSA) is 75.7 Å². The summed E-state index contributed by atoms with van der Waals surface area (Å²) in [6.45, 7) is 0.328. The van der Waals surface area contributed by atoms with Gasteiger partial charge in [-0.1, -0.05) is 48.0 Å². The maximum atomic E-state index is 12.8. The Morgan fingerprint density at radius 3 is 2.35 bits per heavy atom. The summed E-state index contributed by atoms with van der Waals surface area (Å²) in [5, 5.41) is 3.41. The van der Waals surface area contributed by atoms with Crippen LogP contribution in [-0.4, -0.2) is 32.8 Å². The summed E-state index contributed by atoms with van der Waals surface area (Å²) in [7, 11) is -0.690. The summed E-state index contributed by atoms with van der Waals surface area (Å²) in [6.07, 6.45) is 0. The maximum Gasteiger partial charge on any atom is 0.251 e. The highest BCUT2D eigenvalue weighted by Gasteiger charge is 2.22. The number of methoxy groups -OCH3 is 1. The van der Waals surface area contributed by atoms with Crippen LogP contribution >= 0.6 is 11.6 Å². The van der Waals surface area contributed by atoms with E-state index in [1.54, 1.807) is 54.6 Å². The molecule has 0 aliphatic rings. The fourth-order valence-electron chi connectivity index (χ4n) is 3.06. The number of ether oxygens (including phenoxy) is 1. The van der Waals surface area contributed by atoms with Crippen molar-refractivity contribution >= 4 is 27.5 Å². The van der Waals surface area contributed by atoms with Crippen LogP contribution in [0, 0.1) is 0 Å². The van der Waals surface area contributed by atoms with Crippen LogP contribution in [0.2, 0.25) is 5.02 Å². The molecule has 1 amide bonds. The molecule has 0 unspecified atom stereocenters.